The Kier molecular flexibility index (Phi) is 6.61. The number of amides is 1. The molecule has 0 fully saturated rings. The highest BCUT2D eigenvalue weighted by Gasteiger charge is 2.28. The number of carbonyl (C=O) groups excluding carboxylic acids is 1. The molecule has 3 aromatic rings. The lowest BCUT2D eigenvalue weighted by Gasteiger charge is -2.28. The standard InChI is InChI=1S/C23H25N3O6S/c1-31-21(32-2)13-25-23(28)19-12-24-20-8-7-17(11-18(20)22(19)27)33(29,30)26-10-9-15-5-3-4-6-16(15)14-26/h3-8,11-12,21H,9-10,13-14H2,1-2H3,(H,24,27)(H,25,28). The Bertz CT molecular complexity index is 1350. The Balaban J connectivity index is 1.64. The van der Waals surface area contributed by atoms with Gasteiger partial charge in [0.1, 0.15) is 5.56 Å². The van der Waals surface area contributed by atoms with Crippen LogP contribution < -0.4 is 10.7 Å². The number of aromatic nitrogens is 1. The van der Waals surface area contributed by atoms with Gasteiger partial charge in [0.15, 0.2) is 6.29 Å². The number of pyridine rings is 1. The first-order valence-electron chi connectivity index (χ1n) is 10.4. The van der Waals surface area contributed by atoms with Crippen LogP contribution in [0.5, 0.6) is 0 Å². The predicted octanol–water partition coefficient (Wildman–Crippen LogP) is 1.62. The molecule has 0 atom stereocenters. The summed E-state index contributed by atoms with van der Waals surface area (Å²) in [6.45, 7) is 0.681. The van der Waals surface area contributed by atoms with E-state index >= 15 is 0 Å². The van der Waals surface area contributed by atoms with Gasteiger partial charge in [-0.05, 0) is 35.7 Å². The summed E-state index contributed by atoms with van der Waals surface area (Å²) in [5.41, 5.74) is 1.85. The number of nitrogens with one attached hydrogen (secondary N) is 2. The number of hydrogen-bond acceptors (Lipinski definition) is 6. The molecule has 2 aromatic carbocycles. The number of aromatic amines is 1. The summed E-state index contributed by atoms with van der Waals surface area (Å²) in [5.74, 6) is -0.613. The molecule has 4 rings (SSSR count). The molecule has 0 saturated carbocycles. The molecule has 0 saturated heterocycles. The minimum Gasteiger partial charge on any atom is -0.360 e. The second kappa shape index (κ2) is 9.44. The third kappa shape index (κ3) is 4.55. The van der Waals surface area contributed by atoms with E-state index in [-0.39, 0.29) is 28.9 Å². The van der Waals surface area contributed by atoms with Crippen LogP contribution in [-0.2, 0) is 32.5 Å². The summed E-state index contributed by atoms with van der Waals surface area (Å²) in [5, 5.41) is 2.70. The summed E-state index contributed by atoms with van der Waals surface area (Å²) in [7, 11) is -0.954. The van der Waals surface area contributed by atoms with E-state index < -0.39 is 27.6 Å². The minimum absolute atomic E-state index is 0.0104. The van der Waals surface area contributed by atoms with Gasteiger partial charge in [-0.3, -0.25) is 9.59 Å². The Morgan fingerprint density at radius 1 is 1.15 bits per heavy atom. The third-order valence-electron chi connectivity index (χ3n) is 5.79. The molecular formula is C23H25N3O6S. The first kappa shape index (κ1) is 23.1. The topological polar surface area (TPSA) is 118 Å². The monoisotopic (exact) mass is 471 g/mol. The van der Waals surface area contributed by atoms with Crippen molar-refractivity contribution in [3.05, 3.63) is 75.6 Å². The molecule has 0 aliphatic carbocycles. The highest BCUT2D eigenvalue weighted by atomic mass is 32.2. The van der Waals surface area contributed by atoms with Crippen molar-refractivity contribution >= 4 is 26.8 Å². The highest BCUT2D eigenvalue weighted by molar-refractivity contribution is 7.89. The van der Waals surface area contributed by atoms with Crippen molar-refractivity contribution in [3.8, 4) is 0 Å². The molecule has 1 aliphatic rings. The van der Waals surface area contributed by atoms with Crippen LogP contribution in [0.4, 0.5) is 0 Å². The lowest BCUT2D eigenvalue weighted by Crippen LogP contribution is -2.36. The van der Waals surface area contributed by atoms with Gasteiger partial charge in [0.25, 0.3) is 5.91 Å². The van der Waals surface area contributed by atoms with Crippen LogP contribution in [0.2, 0.25) is 0 Å². The van der Waals surface area contributed by atoms with Gasteiger partial charge in [0, 0.05) is 44.4 Å². The number of H-pyrrole nitrogens is 1. The van der Waals surface area contributed by atoms with Crippen molar-refractivity contribution in [2.24, 2.45) is 0 Å². The molecule has 1 aromatic heterocycles. The van der Waals surface area contributed by atoms with Gasteiger partial charge in [0.05, 0.1) is 11.4 Å². The van der Waals surface area contributed by atoms with Gasteiger partial charge in [-0.25, -0.2) is 8.42 Å². The second-order valence-corrected chi connectivity index (χ2v) is 9.65. The van der Waals surface area contributed by atoms with Crippen LogP contribution >= 0.6 is 0 Å². The van der Waals surface area contributed by atoms with Gasteiger partial charge < -0.3 is 19.8 Å². The number of sulfonamides is 1. The highest BCUT2D eigenvalue weighted by Crippen LogP contribution is 2.26. The molecule has 9 nitrogen and oxygen atoms in total. The quantitative estimate of drug-likeness (QED) is 0.506. The fraction of sp³-hybridized carbons (Fsp3) is 0.304. The molecule has 10 heteroatoms. The number of hydrogen-bond donors (Lipinski definition) is 2. The Labute approximate surface area is 191 Å². The smallest absolute Gasteiger partial charge is 0.256 e. The molecule has 1 aliphatic heterocycles. The summed E-state index contributed by atoms with van der Waals surface area (Å²) < 4.78 is 38.1. The van der Waals surface area contributed by atoms with Crippen molar-refractivity contribution in [2.75, 3.05) is 27.3 Å². The Morgan fingerprint density at radius 3 is 2.61 bits per heavy atom. The second-order valence-electron chi connectivity index (χ2n) is 7.71. The van der Waals surface area contributed by atoms with Crippen LogP contribution in [0.3, 0.4) is 0 Å². The van der Waals surface area contributed by atoms with E-state index in [0.29, 0.717) is 18.5 Å². The molecule has 0 radical (unpaired) electrons. The van der Waals surface area contributed by atoms with E-state index in [9.17, 15) is 18.0 Å². The third-order valence-corrected chi connectivity index (χ3v) is 7.63. The van der Waals surface area contributed by atoms with Crippen LogP contribution in [0.25, 0.3) is 10.9 Å². The molecule has 33 heavy (non-hydrogen) atoms. The number of methoxy groups -OCH3 is 2. The molecule has 174 valence electrons. The van der Waals surface area contributed by atoms with Gasteiger partial charge in [-0.15, -0.1) is 0 Å². The van der Waals surface area contributed by atoms with E-state index in [2.05, 4.69) is 10.3 Å². The fourth-order valence-corrected chi connectivity index (χ4v) is 5.33. The lowest BCUT2D eigenvalue weighted by molar-refractivity contribution is -0.0974. The van der Waals surface area contributed by atoms with Crippen molar-refractivity contribution < 1.29 is 22.7 Å². The normalized spacial score (nSPS) is 14.4. The minimum atomic E-state index is -3.83. The number of rotatable bonds is 7. The maximum Gasteiger partial charge on any atom is 0.256 e. The van der Waals surface area contributed by atoms with Crippen LogP contribution in [0, 0.1) is 0 Å². The SMILES string of the molecule is COC(CNC(=O)c1c[nH]c2ccc(S(=O)(=O)N3CCc4ccccc4C3)cc2c1=O)OC. The van der Waals surface area contributed by atoms with Crippen LogP contribution in [0.15, 0.2) is 58.4 Å². The van der Waals surface area contributed by atoms with E-state index in [4.69, 9.17) is 9.47 Å². The van der Waals surface area contributed by atoms with Gasteiger partial charge in [-0.2, -0.15) is 4.31 Å². The van der Waals surface area contributed by atoms with Gasteiger partial charge in [0.2, 0.25) is 15.5 Å². The zero-order chi connectivity index (χ0) is 23.6. The fourth-order valence-electron chi connectivity index (χ4n) is 3.88. The van der Waals surface area contributed by atoms with Crippen molar-refractivity contribution in [2.45, 2.75) is 24.2 Å². The van der Waals surface area contributed by atoms with Gasteiger partial charge >= 0.3 is 0 Å². The Morgan fingerprint density at radius 2 is 1.88 bits per heavy atom. The number of ether oxygens (including phenoxy) is 2. The van der Waals surface area contributed by atoms with Crippen molar-refractivity contribution in [3.63, 3.8) is 0 Å². The van der Waals surface area contributed by atoms with Crippen LogP contribution in [-0.4, -0.2) is 57.2 Å². The summed E-state index contributed by atoms with van der Waals surface area (Å²) in [6, 6.07) is 12.1. The largest absolute Gasteiger partial charge is 0.360 e. The summed E-state index contributed by atoms with van der Waals surface area (Å²) in [4.78, 5) is 28.5. The van der Waals surface area contributed by atoms with Crippen molar-refractivity contribution in [1.82, 2.24) is 14.6 Å². The molecule has 1 amide bonds. The number of carbonyl (C=O) groups is 1. The van der Waals surface area contributed by atoms with E-state index in [1.165, 1.54) is 42.9 Å². The molecule has 0 spiro atoms. The van der Waals surface area contributed by atoms with Crippen molar-refractivity contribution in [1.29, 1.82) is 0 Å². The zero-order valence-electron chi connectivity index (χ0n) is 18.3. The lowest BCUT2D eigenvalue weighted by atomic mass is 10.0. The first-order chi connectivity index (χ1) is 15.8. The molecule has 2 N–H and O–H groups in total. The molecule has 0 unspecified atom stereocenters. The van der Waals surface area contributed by atoms with E-state index in [1.54, 1.807) is 0 Å². The molecular weight excluding hydrogens is 446 g/mol. The molecule has 0 bridgehead atoms. The predicted molar refractivity (Wildman–Crippen MR) is 122 cm³/mol. The molecule has 2 heterocycles. The number of benzene rings is 2. The Hall–Kier alpha value is -3.05. The number of fused-ring (bicyclic) bond motifs is 2. The van der Waals surface area contributed by atoms with E-state index in [1.807, 2.05) is 24.3 Å². The first-order valence-corrected chi connectivity index (χ1v) is 11.9. The number of nitrogens with zero attached hydrogens (tertiary/aromatic N) is 1. The summed E-state index contributed by atoms with van der Waals surface area (Å²) >= 11 is 0. The maximum absolute atomic E-state index is 13.3. The van der Waals surface area contributed by atoms with E-state index in [0.717, 1.165) is 11.1 Å². The maximum atomic E-state index is 13.3. The zero-order valence-corrected chi connectivity index (χ0v) is 19.1. The van der Waals surface area contributed by atoms with Gasteiger partial charge in [-0.1, -0.05) is 24.3 Å². The average molecular weight is 472 g/mol. The van der Waals surface area contributed by atoms with Crippen LogP contribution in [0.1, 0.15) is 21.5 Å². The average Bonchev–Trinajstić information content (AvgIpc) is 2.84. The summed E-state index contributed by atoms with van der Waals surface area (Å²) in [6.07, 6.45) is 1.28.